The molecule has 1 unspecified atom stereocenters. The van der Waals surface area contributed by atoms with E-state index in [0.717, 1.165) is 0 Å². The summed E-state index contributed by atoms with van der Waals surface area (Å²) in [6.07, 6.45) is 1.36. The van der Waals surface area contributed by atoms with Crippen LogP contribution in [0, 0.1) is 0 Å². The van der Waals surface area contributed by atoms with Crippen molar-refractivity contribution in [2.24, 2.45) is 5.73 Å². The Bertz CT molecular complexity index is 356. The van der Waals surface area contributed by atoms with Crippen molar-refractivity contribution < 1.29 is 9.90 Å². The summed E-state index contributed by atoms with van der Waals surface area (Å²) >= 11 is 5.67. The zero-order chi connectivity index (χ0) is 10.7. The Labute approximate surface area is 85.7 Å². The minimum atomic E-state index is -1.04. The van der Waals surface area contributed by atoms with Crippen LogP contribution in [0.5, 0.6) is 0 Å². The Balaban J connectivity index is 3.15. The van der Waals surface area contributed by atoms with E-state index in [4.69, 9.17) is 28.2 Å². The van der Waals surface area contributed by atoms with Gasteiger partial charge in [-0.05, 0) is 6.07 Å². The molecule has 0 bridgehead atoms. The summed E-state index contributed by atoms with van der Waals surface area (Å²) in [5.74, 6) is -1.75. The molecule has 0 amide bonds. The molecule has 5 nitrogen and oxygen atoms in total. The number of nitrogen functional groups attached to an aromatic ring is 1. The third-order valence-corrected chi connectivity index (χ3v) is 2.03. The van der Waals surface area contributed by atoms with Crippen molar-refractivity contribution >= 4 is 23.4 Å². The quantitative estimate of drug-likeness (QED) is 0.679. The van der Waals surface area contributed by atoms with Gasteiger partial charge in [0.05, 0.1) is 10.9 Å². The van der Waals surface area contributed by atoms with Crippen molar-refractivity contribution in [1.82, 2.24) is 4.98 Å². The fourth-order valence-corrected chi connectivity index (χ4v) is 1.27. The monoisotopic (exact) mass is 215 g/mol. The van der Waals surface area contributed by atoms with Crippen LogP contribution in [0.2, 0.25) is 5.02 Å². The molecule has 1 aromatic heterocycles. The highest BCUT2D eigenvalue weighted by Crippen LogP contribution is 2.23. The van der Waals surface area contributed by atoms with Crippen LogP contribution in [0.4, 0.5) is 5.82 Å². The van der Waals surface area contributed by atoms with Crippen LogP contribution in [0.15, 0.2) is 12.3 Å². The van der Waals surface area contributed by atoms with Crippen molar-refractivity contribution in [3.63, 3.8) is 0 Å². The Hall–Kier alpha value is -1.33. The highest BCUT2D eigenvalue weighted by molar-refractivity contribution is 6.30. The van der Waals surface area contributed by atoms with Gasteiger partial charge in [0, 0.05) is 18.3 Å². The van der Waals surface area contributed by atoms with Crippen molar-refractivity contribution in [2.75, 3.05) is 12.3 Å². The molecule has 0 saturated carbocycles. The molecule has 0 aromatic carbocycles. The summed E-state index contributed by atoms with van der Waals surface area (Å²) in [5.41, 5.74) is 11.2. The average molecular weight is 216 g/mol. The fourth-order valence-electron chi connectivity index (χ4n) is 1.11. The van der Waals surface area contributed by atoms with Crippen LogP contribution in [0.3, 0.4) is 0 Å². The van der Waals surface area contributed by atoms with Gasteiger partial charge < -0.3 is 16.6 Å². The van der Waals surface area contributed by atoms with Crippen LogP contribution in [0.25, 0.3) is 0 Å². The van der Waals surface area contributed by atoms with Crippen molar-refractivity contribution in [2.45, 2.75) is 5.92 Å². The van der Waals surface area contributed by atoms with Gasteiger partial charge in [0.25, 0.3) is 0 Å². The molecule has 0 aliphatic rings. The number of carbonyl (C=O) groups is 1. The maximum Gasteiger partial charge on any atom is 0.312 e. The van der Waals surface area contributed by atoms with Gasteiger partial charge in [0.15, 0.2) is 0 Å². The van der Waals surface area contributed by atoms with Crippen LogP contribution in [0.1, 0.15) is 11.5 Å². The third-order valence-electron chi connectivity index (χ3n) is 1.83. The molecule has 1 aromatic rings. The lowest BCUT2D eigenvalue weighted by molar-refractivity contribution is -0.138. The zero-order valence-electron chi connectivity index (χ0n) is 7.27. The summed E-state index contributed by atoms with van der Waals surface area (Å²) in [4.78, 5) is 14.5. The summed E-state index contributed by atoms with van der Waals surface area (Å²) in [6, 6.07) is 1.47. The number of halogens is 1. The molecule has 14 heavy (non-hydrogen) atoms. The van der Waals surface area contributed by atoms with Crippen molar-refractivity contribution in [3.05, 3.63) is 22.8 Å². The normalized spacial score (nSPS) is 12.4. The van der Waals surface area contributed by atoms with Crippen LogP contribution in [-0.2, 0) is 4.79 Å². The molecule has 0 saturated heterocycles. The molecular formula is C8H10ClN3O2. The van der Waals surface area contributed by atoms with E-state index in [9.17, 15) is 4.79 Å². The van der Waals surface area contributed by atoms with Crippen LogP contribution >= 0.6 is 11.6 Å². The number of pyridine rings is 1. The van der Waals surface area contributed by atoms with Gasteiger partial charge in [-0.25, -0.2) is 4.98 Å². The number of aromatic nitrogens is 1. The zero-order valence-corrected chi connectivity index (χ0v) is 8.03. The molecule has 1 heterocycles. The highest BCUT2D eigenvalue weighted by Gasteiger charge is 2.21. The second-order valence-corrected chi connectivity index (χ2v) is 3.19. The van der Waals surface area contributed by atoms with E-state index in [1.807, 2.05) is 0 Å². The number of hydrogen-bond acceptors (Lipinski definition) is 4. The first kappa shape index (κ1) is 10.7. The lowest BCUT2D eigenvalue weighted by Crippen LogP contribution is -2.22. The van der Waals surface area contributed by atoms with Gasteiger partial charge in [0.2, 0.25) is 0 Å². The molecule has 0 aliphatic carbocycles. The minimum absolute atomic E-state index is 0.0401. The predicted molar refractivity (Wildman–Crippen MR) is 53.1 cm³/mol. The minimum Gasteiger partial charge on any atom is -0.481 e. The first-order valence-corrected chi connectivity index (χ1v) is 4.28. The lowest BCUT2D eigenvalue weighted by atomic mass is 10.0. The molecule has 76 valence electrons. The second kappa shape index (κ2) is 4.26. The third kappa shape index (κ3) is 2.12. The summed E-state index contributed by atoms with van der Waals surface area (Å²) in [7, 11) is 0. The molecule has 0 fully saturated rings. The number of rotatable bonds is 3. The molecule has 0 aliphatic heterocycles. The SMILES string of the molecule is NCC(C(=O)O)c1cc(Cl)cnc1N. The standard InChI is InChI=1S/C8H10ClN3O2/c9-4-1-5(7(11)12-3-4)6(2-10)8(13)14/h1,3,6H,2,10H2,(H2,11,12)(H,13,14). The highest BCUT2D eigenvalue weighted by atomic mass is 35.5. The Morgan fingerprint density at radius 2 is 2.36 bits per heavy atom. The topological polar surface area (TPSA) is 102 Å². The maximum absolute atomic E-state index is 10.8. The first-order valence-electron chi connectivity index (χ1n) is 3.90. The molecule has 1 atom stereocenters. The number of anilines is 1. The second-order valence-electron chi connectivity index (χ2n) is 2.75. The number of hydrogen-bond donors (Lipinski definition) is 3. The van der Waals surface area contributed by atoms with Crippen molar-refractivity contribution in [1.29, 1.82) is 0 Å². The van der Waals surface area contributed by atoms with E-state index >= 15 is 0 Å². The van der Waals surface area contributed by atoms with Gasteiger partial charge in [-0.2, -0.15) is 0 Å². The van der Waals surface area contributed by atoms with E-state index in [1.165, 1.54) is 12.3 Å². The molecule has 5 N–H and O–H groups in total. The molecule has 1 rings (SSSR count). The largest absolute Gasteiger partial charge is 0.481 e. The smallest absolute Gasteiger partial charge is 0.312 e. The first-order chi connectivity index (χ1) is 6.56. The van der Waals surface area contributed by atoms with E-state index in [0.29, 0.717) is 10.6 Å². The fraction of sp³-hybridized carbons (Fsp3) is 0.250. The summed E-state index contributed by atoms with van der Waals surface area (Å²) in [5, 5.41) is 9.18. The van der Waals surface area contributed by atoms with E-state index in [-0.39, 0.29) is 12.4 Å². The van der Waals surface area contributed by atoms with Gasteiger partial charge >= 0.3 is 5.97 Å². The lowest BCUT2D eigenvalue weighted by Gasteiger charge is -2.11. The number of carboxylic acids is 1. The number of nitrogens with zero attached hydrogens (tertiary/aromatic N) is 1. The Morgan fingerprint density at radius 3 is 2.86 bits per heavy atom. The van der Waals surface area contributed by atoms with Gasteiger partial charge in [0.1, 0.15) is 5.82 Å². The number of carboxylic acid groups (broad SMARTS) is 1. The Morgan fingerprint density at radius 1 is 1.71 bits per heavy atom. The maximum atomic E-state index is 10.8. The Kier molecular flexibility index (Phi) is 3.27. The number of aliphatic carboxylic acids is 1. The van der Waals surface area contributed by atoms with Crippen molar-refractivity contribution in [3.8, 4) is 0 Å². The molecule has 0 radical (unpaired) electrons. The number of nitrogens with two attached hydrogens (primary N) is 2. The van der Waals surface area contributed by atoms with E-state index in [2.05, 4.69) is 4.98 Å². The van der Waals surface area contributed by atoms with E-state index < -0.39 is 11.9 Å². The van der Waals surface area contributed by atoms with Gasteiger partial charge in [-0.15, -0.1) is 0 Å². The molecular weight excluding hydrogens is 206 g/mol. The van der Waals surface area contributed by atoms with Gasteiger partial charge in [-0.3, -0.25) is 4.79 Å². The van der Waals surface area contributed by atoms with E-state index in [1.54, 1.807) is 0 Å². The summed E-state index contributed by atoms with van der Waals surface area (Å²) in [6.45, 7) is -0.0401. The van der Waals surface area contributed by atoms with Crippen LogP contribution in [-0.4, -0.2) is 22.6 Å². The molecule has 6 heteroatoms. The summed E-state index contributed by atoms with van der Waals surface area (Å²) < 4.78 is 0. The average Bonchev–Trinajstić information content (AvgIpc) is 2.11. The predicted octanol–water partition coefficient (Wildman–Crippen LogP) is 0.444. The van der Waals surface area contributed by atoms with Gasteiger partial charge in [-0.1, -0.05) is 11.6 Å². The molecule has 0 spiro atoms. The van der Waals surface area contributed by atoms with Crippen LogP contribution < -0.4 is 11.5 Å².